The Balaban J connectivity index is 0.000000233. The van der Waals surface area contributed by atoms with Crippen LogP contribution in [0.3, 0.4) is 0 Å². The molecule has 16 heteroatoms. The minimum Gasteiger partial charge on any atom is -0.394 e. The number of benzene rings is 4. The molecule has 12 atom stereocenters. The van der Waals surface area contributed by atoms with Gasteiger partial charge >= 0.3 is 12.4 Å². The second-order valence-electron chi connectivity index (χ2n) is 19.6. The molecule has 2 saturated heterocycles. The number of hydrogen-bond acceptors (Lipinski definition) is 10. The Bertz CT molecular complexity index is 2740. The molecular formula is C58H64F6N2O8. The molecule has 4 unspecified atom stereocenters. The van der Waals surface area contributed by atoms with Crippen LogP contribution in [0, 0.1) is 25.7 Å². The Kier molecular flexibility index (Phi) is 18.5. The summed E-state index contributed by atoms with van der Waals surface area (Å²) in [4.78, 5) is 7.53. The molecule has 4 heterocycles. The molecule has 0 saturated carbocycles. The number of alkyl halides is 6. The van der Waals surface area contributed by atoms with Crippen molar-refractivity contribution in [3.05, 3.63) is 178 Å². The lowest BCUT2D eigenvalue weighted by atomic mass is 9.76. The average molecular weight is 1030 g/mol. The van der Waals surface area contributed by atoms with E-state index in [0.717, 1.165) is 57.9 Å². The minimum atomic E-state index is -4.49. The average Bonchev–Trinajstić information content (AvgIpc) is 3.39. The zero-order valence-electron chi connectivity index (χ0n) is 42.0. The first kappa shape index (κ1) is 56.2. The number of nitrogens with zero attached hydrogens (tertiary/aromatic N) is 2. The lowest BCUT2D eigenvalue weighted by molar-refractivity contribution is -0.233. The van der Waals surface area contributed by atoms with E-state index in [1.165, 1.54) is 12.4 Å². The molecule has 10 nitrogen and oxygen atoms in total. The fourth-order valence-electron chi connectivity index (χ4n) is 9.95. The van der Waals surface area contributed by atoms with Crippen LogP contribution < -0.4 is 0 Å². The normalized spacial score (nSPS) is 25.1. The quantitative estimate of drug-likeness (QED) is 0.0779. The van der Waals surface area contributed by atoms with Crippen LogP contribution in [0.25, 0.3) is 22.3 Å². The molecule has 8 rings (SSSR count). The van der Waals surface area contributed by atoms with Gasteiger partial charge in [-0.25, -0.2) is 0 Å². The maximum atomic E-state index is 13.3. The van der Waals surface area contributed by atoms with E-state index in [4.69, 9.17) is 18.9 Å². The second-order valence-corrected chi connectivity index (χ2v) is 19.6. The van der Waals surface area contributed by atoms with Crippen molar-refractivity contribution in [1.29, 1.82) is 0 Å². The molecule has 0 spiro atoms. The van der Waals surface area contributed by atoms with Crippen molar-refractivity contribution in [3.63, 3.8) is 0 Å². The summed E-state index contributed by atoms with van der Waals surface area (Å²) >= 11 is 0. The molecule has 2 fully saturated rings. The van der Waals surface area contributed by atoms with E-state index < -0.39 is 66.5 Å². The second kappa shape index (κ2) is 24.4. The van der Waals surface area contributed by atoms with Crippen molar-refractivity contribution in [3.8, 4) is 22.3 Å². The third-order valence-electron chi connectivity index (χ3n) is 14.5. The predicted octanol–water partition coefficient (Wildman–Crippen LogP) is 11.0. The first-order chi connectivity index (χ1) is 35.2. The summed E-state index contributed by atoms with van der Waals surface area (Å²) < 4.78 is 104. The summed E-state index contributed by atoms with van der Waals surface area (Å²) in [6.07, 6.45) is -11.2. The highest BCUT2D eigenvalue weighted by atomic mass is 19.4. The summed E-state index contributed by atoms with van der Waals surface area (Å²) in [6.45, 7) is 13.0. The number of aliphatic hydroxyl groups excluding tert-OH is 4. The third kappa shape index (κ3) is 13.5. The molecule has 0 radical (unpaired) electrons. The highest BCUT2D eigenvalue weighted by Crippen LogP contribution is 2.42. The molecule has 0 amide bonds. The predicted molar refractivity (Wildman–Crippen MR) is 268 cm³/mol. The van der Waals surface area contributed by atoms with Gasteiger partial charge in [-0.3, -0.25) is 9.97 Å². The van der Waals surface area contributed by atoms with E-state index in [9.17, 15) is 46.8 Å². The number of aromatic nitrogens is 2. The van der Waals surface area contributed by atoms with Gasteiger partial charge in [-0.05, 0) is 82.3 Å². The molecular weight excluding hydrogens is 967 g/mol. The fourth-order valence-corrected chi connectivity index (χ4v) is 9.95. The molecule has 396 valence electrons. The lowest BCUT2D eigenvalue weighted by Crippen LogP contribution is -2.59. The Hall–Kier alpha value is -5.56. The van der Waals surface area contributed by atoms with Crippen LogP contribution in [-0.2, 0) is 44.5 Å². The van der Waals surface area contributed by atoms with Crippen molar-refractivity contribution >= 4 is 0 Å². The SMILES string of the molecule is Cc1cc(-c2cncc(C(F)(F)F)c2)ccc1[C@@H](C)[C@H]1OC(CO)[C@@H](O)[C@H](O)C1O.Cc1cc(-c2cncc(C(F)(F)F)c2)ccc1[C@@H](C)[C@H]1OC(COCc2ccccc2)[C@@H](C)[C@H](C)C1OCc1ccccc1. The number of ether oxygens (including phenoxy) is 4. The maximum absolute atomic E-state index is 13.3. The Morgan fingerprint density at radius 1 is 0.554 bits per heavy atom. The van der Waals surface area contributed by atoms with Crippen LogP contribution >= 0.6 is 0 Å². The number of aliphatic hydroxyl groups is 4. The van der Waals surface area contributed by atoms with Crippen LogP contribution in [-0.4, -0.2) is 92.4 Å². The molecule has 4 N–H and O–H groups in total. The Morgan fingerprint density at radius 3 is 1.50 bits per heavy atom. The number of hydrogen-bond donors (Lipinski definition) is 4. The summed E-state index contributed by atoms with van der Waals surface area (Å²) in [6, 6.07) is 33.3. The van der Waals surface area contributed by atoms with Gasteiger partial charge in [0.1, 0.15) is 24.4 Å². The minimum absolute atomic E-state index is 0.0453. The number of aryl methyl sites for hydroxylation is 2. The number of pyridine rings is 2. The van der Waals surface area contributed by atoms with E-state index in [-0.39, 0.29) is 36.1 Å². The van der Waals surface area contributed by atoms with E-state index in [1.807, 2.05) is 73.7 Å². The Labute approximate surface area is 428 Å². The van der Waals surface area contributed by atoms with Crippen LogP contribution in [0.2, 0.25) is 0 Å². The van der Waals surface area contributed by atoms with Gasteiger partial charge in [0, 0.05) is 47.8 Å². The Morgan fingerprint density at radius 2 is 1.03 bits per heavy atom. The van der Waals surface area contributed by atoms with Crippen molar-refractivity contribution in [2.24, 2.45) is 11.8 Å². The molecule has 0 aliphatic carbocycles. The van der Waals surface area contributed by atoms with Crippen molar-refractivity contribution < 1.29 is 65.7 Å². The van der Waals surface area contributed by atoms with Crippen molar-refractivity contribution in [2.45, 2.75) is 128 Å². The van der Waals surface area contributed by atoms with Crippen molar-refractivity contribution in [1.82, 2.24) is 9.97 Å². The van der Waals surface area contributed by atoms with Gasteiger partial charge in [-0.15, -0.1) is 0 Å². The van der Waals surface area contributed by atoms with Crippen molar-refractivity contribution in [2.75, 3.05) is 13.2 Å². The van der Waals surface area contributed by atoms with E-state index in [2.05, 4.69) is 42.9 Å². The highest BCUT2D eigenvalue weighted by molar-refractivity contribution is 5.66. The van der Waals surface area contributed by atoms with Gasteiger partial charge in [0.2, 0.25) is 0 Å². The van der Waals surface area contributed by atoms with Gasteiger partial charge < -0.3 is 39.4 Å². The highest BCUT2D eigenvalue weighted by Gasteiger charge is 2.47. The first-order valence-electron chi connectivity index (χ1n) is 24.7. The molecule has 6 aromatic rings. The van der Waals surface area contributed by atoms with Gasteiger partial charge in [0.15, 0.2) is 0 Å². The molecule has 74 heavy (non-hydrogen) atoms. The molecule has 2 aliphatic rings. The zero-order valence-corrected chi connectivity index (χ0v) is 42.0. The smallest absolute Gasteiger partial charge is 0.394 e. The maximum Gasteiger partial charge on any atom is 0.417 e. The lowest BCUT2D eigenvalue weighted by Gasteiger charge is -2.47. The molecule has 2 aliphatic heterocycles. The van der Waals surface area contributed by atoms with E-state index >= 15 is 0 Å². The largest absolute Gasteiger partial charge is 0.417 e. The van der Waals surface area contributed by atoms with Gasteiger partial charge in [0.05, 0.1) is 62.0 Å². The van der Waals surface area contributed by atoms with E-state index in [1.54, 1.807) is 32.0 Å². The van der Waals surface area contributed by atoms with Crippen LogP contribution in [0.5, 0.6) is 0 Å². The summed E-state index contributed by atoms with van der Waals surface area (Å²) in [5.74, 6) is -0.0752. The van der Waals surface area contributed by atoms with Gasteiger partial charge in [-0.1, -0.05) is 125 Å². The van der Waals surface area contributed by atoms with Crippen LogP contribution in [0.1, 0.15) is 84.0 Å². The topological polar surface area (TPSA) is 144 Å². The van der Waals surface area contributed by atoms with Crippen LogP contribution in [0.4, 0.5) is 26.3 Å². The summed E-state index contributed by atoms with van der Waals surface area (Å²) in [7, 11) is 0. The zero-order chi connectivity index (χ0) is 53.5. The molecule has 0 bridgehead atoms. The summed E-state index contributed by atoms with van der Waals surface area (Å²) in [5.41, 5.74) is 6.14. The number of rotatable bonds is 14. The van der Waals surface area contributed by atoms with Gasteiger partial charge in [0.25, 0.3) is 0 Å². The first-order valence-corrected chi connectivity index (χ1v) is 24.7. The standard InChI is InChI=1S/C37H40F3NO3.C21H24F3NO5/c1-24-17-30(31-18-32(20-41-19-31)37(38,39)40)15-16-33(24)27(4)36-35(43-22-29-13-9-6-10-14-29)26(3)25(2)34(44-36)23-42-21-28-11-7-5-8-12-28;1-10-5-12(13-6-14(8-25-7-13)21(22,23)24)3-4-15(10)11(2)20-19(29)18(28)17(27)16(9-26)30-20/h5-20,25-27,34-36H,21-23H2,1-4H3;3-8,11,16-20,26-29H,9H2,1-2H3/t25-,26-,27+,34?,35?,36+;11-,16?,17-,18+,19?,20-/m01/s1. The molecule has 2 aromatic heterocycles. The summed E-state index contributed by atoms with van der Waals surface area (Å²) in [5, 5.41) is 39.7. The number of halogens is 6. The third-order valence-corrected chi connectivity index (χ3v) is 14.5. The van der Waals surface area contributed by atoms with E-state index in [0.29, 0.717) is 42.1 Å². The van der Waals surface area contributed by atoms with Crippen LogP contribution in [0.15, 0.2) is 134 Å². The fraction of sp³-hybridized carbons (Fsp3) is 0.414. The monoisotopic (exact) mass is 1030 g/mol. The van der Waals surface area contributed by atoms with Gasteiger partial charge in [-0.2, -0.15) is 26.3 Å². The molecule has 4 aromatic carbocycles.